The number of hydrogen-bond acceptors (Lipinski definition) is 3. The van der Waals surface area contributed by atoms with Crippen molar-refractivity contribution in [2.45, 2.75) is 23.7 Å². The average molecular weight is 342 g/mol. The molecule has 118 valence electrons. The molecule has 0 radical (unpaired) electrons. The van der Waals surface area contributed by atoms with Crippen LogP contribution in [0.1, 0.15) is 18.4 Å². The summed E-state index contributed by atoms with van der Waals surface area (Å²) in [5.41, 5.74) is 1.10. The number of amides is 1. The molecule has 1 saturated heterocycles. The minimum absolute atomic E-state index is 0.0407. The number of esters is 1. The molecule has 1 saturated carbocycles. The molecule has 0 bridgehead atoms. The zero-order chi connectivity index (χ0) is 15.7. The molecule has 0 spiro atoms. The maximum absolute atomic E-state index is 12.0. The Morgan fingerprint density at radius 2 is 2.00 bits per heavy atom. The molecular formula is C16H17Cl2NO3. The van der Waals surface area contributed by atoms with Crippen molar-refractivity contribution in [3.63, 3.8) is 0 Å². The Balaban J connectivity index is 1.47. The molecule has 4 nitrogen and oxygen atoms in total. The molecule has 6 heteroatoms. The Morgan fingerprint density at radius 1 is 1.32 bits per heavy atom. The first kappa shape index (κ1) is 15.6. The third-order valence-electron chi connectivity index (χ3n) is 4.08. The molecule has 2 atom stereocenters. The van der Waals surface area contributed by atoms with E-state index in [4.69, 9.17) is 27.9 Å². The molecule has 2 aliphatic rings. The van der Waals surface area contributed by atoms with Crippen molar-refractivity contribution in [3.05, 3.63) is 35.9 Å². The van der Waals surface area contributed by atoms with Crippen LogP contribution >= 0.6 is 23.2 Å². The Bertz CT molecular complexity index is 576. The van der Waals surface area contributed by atoms with E-state index in [1.165, 1.54) is 0 Å². The van der Waals surface area contributed by atoms with Crippen LogP contribution < -0.4 is 0 Å². The lowest BCUT2D eigenvalue weighted by atomic mass is 10.1. The summed E-state index contributed by atoms with van der Waals surface area (Å²) in [5, 5.41) is 0. The fourth-order valence-corrected chi connectivity index (χ4v) is 3.18. The predicted octanol–water partition coefficient (Wildman–Crippen LogP) is 2.77. The van der Waals surface area contributed by atoms with Gasteiger partial charge in [-0.3, -0.25) is 9.59 Å². The topological polar surface area (TPSA) is 46.6 Å². The van der Waals surface area contributed by atoms with Gasteiger partial charge in [0.1, 0.15) is 4.33 Å². The van der Waals surface area contributed by atoms with E-state index in [-0.39, 0.29) is 24.4 Å². The molecule has 2 unspecified atom stereocenters. The van der Waals surface area contributed by atoms with E-state index in [9.17, 15) is 9.59 Å². The predicted molar refractivity (Wildman–Crippen MR) is 83.5 cm³/mol. The van der Waals surface area contributed by atoms with Gasteiger partial charge in [-0.1, -0.05) is 30.3 Å². The van der Waals surface area contributed by atoms with Gasteiger partial charge in [-0.25, -0.2) is 0 Å². The van der Waals surface area contributed by atoms with Crippen LogP contribution in [0.5, 0.6) is 0 Å². The molecular weight excluding hydrogens is 325 g/mol. The first-order valence-electron chi connectivity index (χ1n) is 7.32. The fourth-order valence-electron chi connectivity index (χ4n) is 2.69. The van der Waals surface area contributed by atoms with E-state index >= 15 is 0 Å². The van der Waals surface area contributed by atoms with Gasteiger partial charge in [0.15, 0.2) is 0 Å². The molecule has 2 fully saturated rings. The Labute approximate surface area is 139 Å². The second-order valence-electron chi connectivity index (χ2n) is 5.98. The Hall–Kier alpha value is -1.26. The van der Waals surface area contributed by atoms with Crippen LogP contribution in [0.15, 0.2) is 30.3 Å². The van der Waals surface area contributed by atoms with E-state index < -0.39 is 10.3 Å². The number of ether oxygens (including phenoxy) is 1. The number of likely N-dealkylation sites (tertiary alicyclic amines) is 1. The van der Waals surface area contributed by atoms with Crippen molar-refractivity contribution in [1.82, 2.24) is 4.90 Å². The summed E-state index contributed by atoms with van der Waals surface area (Å²) in [6, 6.07) is 9.84. The molecule has 0 N–H and O–H groups in total. The maximum Gasteiger partial charge on any atom is 0.312 e. The summed E-state index contributed by atoms with van der Waals surface area (Å²) in [6.07, 6.45) is 0.857. The van der Waals surface area contributed by atoms with E-state index in [1.54, 1.807) is 4.90 Å². The van der Waals surface area contributed by atoms with Gasteiger partial charge in [0, 0.05) is 25.4 Å². The van der Waals surface area contributed by atoms with Crippen LogP contribution in [-0.4, -0.2) is 34.3 Å². The number of nitrogens with zero attached hydrogens (tertiary/aromatic N) is 1. The summed E-state index contributed by atoms with van der Waals surface area (Å²) in [5.74, 6) is -0.647. The molecule has 1 aliphatic heterocycles. The molecule has 1 amide bonds. The van der Waals surface area contributed by atoms with Crippen LogP contribution in [-0.2, 0) is 20.9 Å². The number of carbonyl (C=O) groups excluding carboxylic acids is 2. The Morgan fingerprint density at radius 3 is 2.64 bits per heavy atom. The highest BCUT2D eigenvalue weighted by Gasteiger charge is 2.57. The molecule has 1 aliphatic carbocycles. The van der Waals surface area contributed by atoms with Crippen LogP contribution in [0.4, 0.5) is 0 Å². The van der Waals surface area contributed by atoms with Gasteiger partial charge >= 0.3 is 5.97 Å². The van der Waals surface area contributed by atoms with E-state index in [2.05, 4.69) is 0 Å². The lowest BCUT2D eigenvalue weighted by molar-refractivity contribution is -0.146. The summed E-state index contributed by atoms with van der Waals surface area (Å²) in [6.45, 7) is 1.45. The van der Waals surface area contributed by atoms with Gasteiger partial charge < -0.3 is 9.64 Å². The zero-order valence-corrected chi connectivity index (χ0v) is 13.5. The summed E-state index contributed by atoms with van der Waals surface area (Å²) < 4.78 is 4.29. The normalized spacial score (nSPS) is 26.1. The second kappa shape index (κ2) is 6.09. The SMILES string of the molecule is O=C(OCC1CC(=O)N(Cc2ccccc2)C1)C1CC1(Cl)Cl. The van der Waals surface area contributed by atoms with Crippen molar-refractivity contribution >= 4 is 35.1 Å². The van der Waals surface area contributed by atoms with Crippen LogP contribution in [0, 0.1) is 11.8 Å². The van der Waals surface area contributed by atoms with Crippen LogP contribution in [0.2, 0.25) is 0 Å². The van der Waals surface area contributed by atoms with Crippen molar-refractivity contribution in [2.75, 3.05) is 13.2 Å². The third kappa shape index (κ3) is 3.55. The zero-order valence-electron chi connectivity index (χ0n) is 12.0. The van der Waals surface area contributed by atoms with E-state index in [0.29, 0.717) is 25.9 Å². The van der Waals surface area contributed by atoms with Gasteiger partial charge in [-0.2, -0.15) is 0 Å². The average Bonchev–Trinajstić information content (AvgIpc) is 2.99. The first-order valence-corrected chi connectivity index (χ1v) is 8.07. The lowest BCUT2D eigenvalue weighted by Gasteiger charge is -2.16. The number of alkyl halides is 2. The molecule has 1 heterocycles. The standard InChI is InChI=1S/C16H17Cl2NO3/c17-16(18)7-13(16)15(21)22-10-12-6-14(20)19(9-12)8-11-4-2-1-3-5-11/h1-5,12-13H,6-10H2. The highest BCUT2D eigenvalue weighted by molar-refractivity contribution is 6.52. The highest BCUT2D eigenvalue weighted by atomic mass is 35.5. The Kier molecular flexibility index (Phi) is 4.33. The first-order chi connectivity index (χ1) is 10.5. The quantitative estimate of drug-likeness (QED) is 0.611. The van der Waals surface area contributed by atoms with Gasteiger partial charge in [0.05, 0.1) is 12.5 Å². The van der Waals surface area contributed by atoms with Gasteiger partial charge in [0.25, 0.3) is 0 Å². The van der Waals surface area contributed by atoms with Crippen LogP contribution in [0.3, 0.4) is 0 Å². The second-order valence-corrected chi connectivity index (χ2v) is 7.52. The van der Waals surface area contributed by atoms with Crippen molar-refractivity contribution in [2.24, 2.45) is 11.8 Å². The smallest absolute Gasteiger partial charge is 0.312 e. The molecule has 1 aromatic carbocycles. The molecule has 3 rings (SSSR count). The molecule has 0 aromatic heterocycles. The fraction of sp³-hybridized carbons (Fsp3) is 0.500. The summed E-state index contributed by atoms with van der Waals surface area (Å²) in [4.78, 5) is 25.6. The van der Waals surface area contributed by atoms with Crippen molar-refractivity contribution < 1.29 is 14.3 Å². The number of rotatable bonds is 5. The van der Waals surface area contributed by atoms with Gasteiger partial charge in [0.2, 0.25) is 5.91 Å². The largest absolute Gasteiger partial charge is 0.465 e. The van der Waals surface area contributed by atoms with Crippen molar-refractivity contribution in [1.29, 1.82) is 0 Å². The van der Waals surface area contributed by atoms with Gasteiger partial charge in [-0.05, 0) is 12.0 Å². The highest BCUT2D eigenvalue weighted by Crippen LogP contribution is 2.53. The number of halogens is 2. The van der Waals surface area contributed by atoms with E-state index in [1.807, 2.05) is 30.3 Å². The number of carbonyl (C=O) groups is 2. The van der Waals surface area contributed by atoms with Crippen molar-refractivity contribution in [3.8, 4) is 0 Å². The lowest BCUT2D eigenvalue weighted by Crippen LogP contribution is -2.25. The summed E-state index contributed by atoms with van der Waals surface area (Å²) >= 11 is 11.7. The summed E-state index contributed by atoms with van der Waals surface area (Å²) in [7, 11) is 0. The minimum atomic E-state index is -0.956. The van der Waals surface area contributed by atoms with Gasteiger partial charge in [-0.15, -0.1) is 23.2 Å². The number of hydrogen-bond donors (Lipinski definition) is 0. The van der Waals surface area contributed by atoms with Crippen LogP contribution in [0.25, 0.3) is 0 Å². The van der Waals surface area contributed by atoms with E-state index in [0.717, 1.165) is 5.56 Å². The number of benzene rings is 1. The maximum atomic E-state index is 12.0. The third-order valence-corrected chi connectivity index (χ3v) is 4.92. The monoisotopic (exact) mass is 341 g/mol. The molecule has 22 heavy (non-hydrogen) atoms. The molecule has 1 aromatic rings. The minimum Gasteiger partial charge on any atom is -0.465 e.